The van der Waals surface area contributed by atoms with E-state index in [2.05, 4.69) is 85.0 Å². The van der Waals surface area contributed by atoms with E-state index < -0.39 is 0 Å². The lowest BCUT2D eigenvalue weighted by Crippen LogP contribution is -1.97. The van der Waals surface area contributed by atoms with Crippen molar-refractivity contribution in [3.63, 3.8) is 0 Å². The molecular weight excluding hydrogens is 302 g/mol. The smallest absolute Gasteiger partial charge is 0.0620 e. The minimum Gasteiger partial charge on any atom is -0.307 e. The number of fused-ring (bicyclic) bond motifs is 3. The fourth-order valence-electron chi connectivity index (χ4n) is 4.85. The van der Waals surface area contributed by atoms with Crippen LogP contribution in [0.15, 0.2) is 60.7 Å². The Hall–Kier alpha value is -3.06. The van der Waals surface area contributed by atoms with Crippen molar-refractivity contribution in [1.82, 2.24) is 4.40 Å². The van der Waals surface area contributed by atoms with Crippen LogP contribution < -0.4 is 5.22 Å². The van der Waals surface area contributed by atoms with E-state index in [0.717, 1.165) is 0 Å². The first-order valence-electron chi connectivity index (χ1n) is 8.85. The van der Waals surface area contributed by atoms with Gasteiger partial charge in [0.15, 0.2) is 0 Å². The van der Waals surface area contributed by atoms with Gasteiger partial charge in [-0.25, -0.2) is 0 Å². The van der Waals surface area contributed by atoms with Crippen molar-refractivity contribution < 1.29 is 0 Å². The normalized spacial score (nSPS) is 13.4. The first kappa shape index (κ1) is 13.3. The Morgan fingerprint density at radius 2 is 1.20 bits per heavy atom. The molecule has 0 spiro atoms. The summed E-state index contributed by atoms with van der Waals surface area (Å²) in [6.07, 6.45) is 2.26. The number of aryl methyl sites for hydroxylation is 1. The predicted molar refractivity (Wildman–Crippen MR) is 107 cm³/mol. The Balaban J connectivity index is 2.12. The number of aromatic nitrogens is 1. The molecule has 1 aliphatic heterocycles. The molecule has 3 aromatic carbocycles. The zero-order chi connectivity index (χ0) is 16.7. The van der Waals surface area contributed by atoms with E-state index in [1.54, 1.807) is 0 Å². The molecule has 1 aliphatic rings. The third-order valence-electron chi connectivity index (χ3n) is 5.84. The molecule has 118 valence electrons. The Morgan fingerprint density at radius 3 is 1.84 bits per heavy atom. The van der Waals surface area contributed by atoms with Crippen molar-refractivity contribution in [3.05, 3.63) is 71.4 Å². The minimum atomic E-state index is 1.33. The largest absolute Gasteiger partial charge is 0.307 e. The number of hydrogen-bond donors (Lipinski definition) is 0. The van der Waals surface area contributed by atoms with Gasteiger partial charge in [0, 0.05) is 27.1 Å². The second-order valence-electron chi connectivity index (χ2n) is 6.96. The topological polar surface area (TPSA) is 4.41 Å². The molecular formula is C24H17N. The van der Waals surface area contributed by atoms with E-state index in [0.29, 0.717) is 0 Å². The highest BCUT2D eigenvalue weighted by Gasteiger charge is 2.24. The minimum absolute atomic E-state index is 1.33. The molecule has 0 bridgehead atoms. The summed E-state index contributed by atoms with van der Waals surface area (Å²) in [7, 11) is 0. The maximum absolute atomic E-state index is 2.51. The summed E-state index contributed by atoms with van der Waals surface area (Å²) in [6, 6.07) is 22.3. The molecule has 0 saturated heterocycles. The van der Waals surface area contributed by atoms with Crippen molar-refractivity contribution in [1.29, 1.82) is 0 Å². The van der Waals surface area contributed by atoms with Gasteiger partial charge in [0.1, 0.15) is 0 Å². The molecule has 1 nitrogen and oxygen atoms in total. The SMILES string of the molecule is C/C=c1/c2cccc3c2n2c1c(C)c1cccc(c12)-c1ccccc1-3. The molecule has 0 unspecified atom stereocenters. The number of benzene rings is 3. The van der Waals surface area contributed by atoms with Crippen LogP contribution in [-0.2, 0) is 0 Å². The van der Waals surface area contributed by atoms with Crippen LogP contribution in [0, 0.1) is 6.92 Å². The lowest BCUT2D eigenvalue weighted by molar-refractivity contribution is 1.36. The standard InChI is InChI=1S/C24H17N/c1-3-15-19-11-7-13-21-18-9-5-4-8-17(18)20-12-6-10-16-14(2)22(15)25(23(16)20)24(19)21/h3-13H,1-2H3/b15-3-. The summed E-state index contributed by atoms with van der Waals surface area (Å²) in [5.41, 5.74) is 10.8. The molecule has 0 amide bonds. The van der Waals surface area contributed by atoms with Gasteiger partial charge in [-0.05, 0) is 30.5 Å². The fraction of sp³-hybridized carbons (Fsp3) is 0.0833. The predicted octanol–water partition coefficient (Wildman–Crippen LogP) is 5.72. The average molecular weight is 319 g/mol. The van der Waals surface area contributed by atoms with Gasteiger partial charge in [-0.15, -0.1) is 0 Å². The molecule has 1 heteroatoms. The van der Waals surface area contributed by atoms with Crippen molar-refractivity contribution >= 4 is 33.4 Å². The van der Waals surface area contributed by atoms with Gasteiger partial charge >= 0.3 is 0 Å². The van der Waals surface area contributed by atoms with Gasteiger partial charge in [-0.1, -0.05) is 66.7 Å². The zero-order valence-corrected chi connectivity index (χ0v) is 14.3. The fourth-order valence-corrected chi connectivity index (χ4v) is 4.85. The van der Waals surface area contributed by atoms with Gasteiger partial charge in [-0.2, -0.15) is 0 Å². The van der Waals surface area contributed by atoms with Crippen LogP contribution in [-0.4, -0.2) is 4.40 Å². The molecule has 6 rings (SSSR count). The van der Waals surface area contributed by atoms with Crippen LogP contribution in [0.2, 0.25) is 0 Å². The third-order valence-corrected chi connectivity index (χ3v) is 5.84. The number of para-hydroxylation sites is 2. The van der Waals surface area contributed by atoms with Crippen LogP contribution in [0.5, 0.6) is 0 Å². The molecule has 0 N–H and O–H groups in total. The average Bonchev–Trinajstić information content (AvgIpc) is 3.10. The summed E-state index contributed by atoms with van der Waals surface area (Å²) >= 11 is 0. The van der Waals surface area contributed by atoms with Gasteiger partial charge < -0.3 is 4.40 Å². The van der Waals surface area contributed by atoms with Crippen molar-refractivity contribution in [3.8, 4) is 22.3 Å². The van der Waals surface area contributed by atoms with Crippen molar-refractivity contribution in [2.45, 2.75) is 13.8 Å². The molecule has 3 heterocycles. The number of hydrogen-bond acceptors (Lipinski definition) is 0. The highest BCUT2D eigenvalue weighted by Crippen LogP contribution is 2.44. The van der Waals surface area contributed by atoms with Crippen molar-refractivity contribution in [2.24, 2.45) is 0 Å². The van der Waals surface area contributed by atoms with E-state index in [-0.39, 0.29) is 0 Å². The van der Waals surface area contributed by atoms with E-state index in [1.807, 2.05) is 0 Å². The number of rotatable bonds is 0. The molecule has 2 aromatic heterocycles. The first-order chi connectivity index (χ1) is 12.3. The van der Waals surface area contributed by atoms with E-state index in [9.17, 15) is 0 Å². The molecule has 25 heavy (non-hydrogen) atoms. The van der Waals surface area contributed by atoms with Crippen LogP contribution in [0.25, 0.3) is 55.7 Å². The summed E-state index contributed by atoms with van der Waals surface area (Å²) in [5, 5.41) is 4.08. The highest BCUT2D eigenvalue weighted by atomic mass is 14.9. The van der Waals surface area contributed by atoms with Gasteiger partial charge in [0.05, 0.1) is 16.6 Å². The van der Waals surface area contributed by atoms with Gasteiger partial charge in [-0.3, -0.25) is 0 Å². The summed E-state index contributed by atoms with van der Waals surface area (Å²) in [6.45, 7) is 4.42. The third kappa shape index (κ3) is 1.37. The second kappa shape index (κ2) is 4.31. The summed E-state index contributed by atoms with van der Waals surface area (Å²) < 4.78 is 2.51. The van der Waals surface area contributed by atoms with Crippen molar-refractivity contribution in [2.75, 3.05) is 0 Å². The van der Waals surface area contributed by atoms with Gasteiger partial charge in [0.2, 0.25) is 0 Å². The zero-order valence-electron chi connectivity index (χ0n) is 14.3. The number of nitrogens with zero attached hydrogens (tertiary/aromatic N) is 1. The lowest BCUT2D eigenvalue weighted by atomic mass is 9.93. The van der Waals surface area contributed by atoms with Crippen LogP contribution >= 0.6 is 0 Å². The quantitative estimate of drug-likeness (QED) is 0.337. The van der Waals surface area contributed by atoms with E-state index >= 15 is 0 Å². The Morgan fingerprint density at radius 1 is 0.640 bits per heavy atom. The van der Waals surface area contributed by atoms with Crippen LogP contribution in [0.4, 0.5) is 0 Å². The molecule has 0 atom stereocenters. The Kier molecular flexibility index (Phi) is 2.29. The van der Waals surface area contributed by atoms with Crippen LogP contribution in [0.1, 0.15) is 12.5 Å². The maximum atomic E-state index is 2.51. The highest BCUT2D eigenvalue weighted by molar-refractivity contribution is 6.14. The van der Waals surface area contributed by atoms with E-state index in [1.165, 1.54) is 60.4 Å². The Bertz CT molecular complexity index is 1400. The molecule has 0 saturated carbocycles. The van der Waals surface area contributed by atoms with Crippen LogP contribution in [0.3, 0.4) is 0 Å². The Labute approximate surface area is 145 Å². The second-order valence-corrected chi connectivity index (χ2v) is 6.96. The molecule has 0 radical (unpaired) electrons. The summed E-state index contributed by atoms with van der Waals surface area (Å²) in [4.78, 5) is 0. The first-order valence-corrected chi connectivity index (χ1v) is 8.85. The maximum Gasteiger partial charge on any atom is 0.0620 e. The van der Waals surface area contributed by atoms with Gasteiger partial charge in [0.25, 0.3) is 0 Å². The summed E-state index contributed by atoms with van der Waals surface area (Å²) in [5.74, 6) is 0. The molecule has 0 aliphatic carbocycles. The van der Waals surface area contributed by atoms with E-state index in [4.69, 9.17) is 0 Å². The molecule has 0 fully saturated rings. The lowest BCUT2D eigenvalue weighted by Gasteiger charge is -2.09. The molecule has 5 aromatic rings. The monoisotopic (exact) mass is 319 g/mol.